The van der Waals surface area contributed by atoms with E-state index in [4.69, 9.17) is 10.5 Å². The van der Waals surface area contributed by atoms with Crippen LogP contribution in [0.1, 0.15) is 60.3 Å². The van der Waals surface area contributed by atoms with E-state index in [1.165, 1.54) is 19.3 Å². The number of unbranched alkanes of at least 4 members (excludes halogenated alkanes) is 1. The van der Waals surface area contributed by atoms with Gasteiger partial charge in [0.1, 0.15) is 6.23 Å². The minimum Gasteiger partial charge on any atom is -0.358 e. The highest BCUT2D eigenvalue weighted by molar-refractivity contribution is 4.62. The number of rotatable bonds is 6. The van der Waals surface area contributed by atoms with E-state index in [0.717, 1.165) is 12.3 Å². The topological polar surface area (TPSA) is 35.2 Å². The van der Waals surface area contributed by atoms with Crippen LogP contribution in [0, 0.1) is 5.92 Å². The summed E-state index contributed by atoms with van der Waals surface area (Å²) >= 11 is 0. The molecule has 1 atom stereocenters. The fourth-order valence-electron chi connectivity index (χ4n) is 1.41. The van der Waals surface area contributed by atoms with Gasteiger partial charge in [0, 0.05) is 0 Å². The van der Waals surface area contributed by atoms with Crippen LogP contribution in [0.25, 0.3) is 0 Å². The lowest BCUT2D eigenvalue weighted by Crippen LogP contribution is -2.33. The second-order valence-electron chi connectivity index (χ2n) is 5.45. The van der Waals surface area contributed by atoms with Gasteiger partial charge in [-0.25, -0.2) is 0 Å². The first-order chi connectivity index (χ1) is 6.31. The van der Waals surface area contributed by atoms with Crippen molar-refractivity contribution in [1.82, 2.24) is 0 Å². The molecule has 0 aliphatic heterocycles. The Bertz CT molecular complexity index is 138. The third-order valence-electron chi connectivity index (χ3n) is 2.03. The van der Waals surface area contributed by atoms with Crippen molar-refractivity contribution in [2.75, 3.05) is 0 Å². The van der Waals surface area contributed by atoms with E-state index in [-0.39, 0.29) is 11.8 Å². The highest BCUT2D eigenvalue weighted by Crippen LogP contribution is 2.13. The van der Waals surface area contributed by atoms with Crippen LogP contribution in [0.15, 0.2) is 0 Å². The standard InChI is InChI=1S/C12H27NO/c1-10(2)8-6-7-9-11(13)14-12(3,4)5/h10-11H,6-9,13H2,1-5H3. The fourth-order valence-corrected chi connectivity index (χ4v) is 1.41. The molecule has 86 valence electrons. The Morgan fingerprint density at radius 1 is 1.07 bits per heavy atom. The zero-order chi connectivity index (χ0) is 11.2. The Morgan fingerprint density at radius 2 is 1.57 bits per heavy atom. The van der Waals surface area contributed by atoms with E-state index < -0.39 is 0 Å². The Kier molecular flexibility index (Phi) is 6.38. The Labute approximate surface area is 89.2 Å². The second kappa shape index (κ2) is 6.41. The van der Waals surface area contributed by atoms with E-state index in [1.807, 2.05) is 20.8 Å². The summed E-state index contributed by atoms with van der Waals surface area (Å²) in [6.07, 6.45) is 4.61. The minimum absolute atomic E-state index is 0.0952. The van der Waals surface area contributed by atoms with Crippen LogP contribution in [0.5, 0.6) is 0 Å². The van der Waals surface area contributed by atoms with Crippen LogP contribution < -0.4 is 5.73 Å². The zero-order valence-electron chi connectivity index (χ0n) is 10.5. The van der Waals surface area contributed by atoms with E-state index in [0.29, 0.717) is 0 Å². The molecule has 0 rings (SSSR count). The van der Waals surface area contributed by atoms with Crippen LogP contribution >= 0.6 is 0 Å². The molecule has 1 unspecified atom stereocenters. The summed E-state index contributed by atoms with van der Waals surface area (Å²) in [6.45, 7) is 10.6. The van der Waals surface area contributed by atoms with Gasteiger partial charge in [-0.2, -0.15) is 0 Å². The molecule has 0 spiro atoms. The molecule has 2 N–H and O–H groups in total. The Balaban J connectivity index is 3.40. The molecule has 0 saturated heterocycles. The average Bonchev–Trinajstić information content (AvgIpc) is 1.94. The average molecular weight is 201 g/mol. The SMILES string of the molecule is CC(C)CCCCC(N)OC(C)(C)C. The van der Waals surface area contributed by atoms with Crippen LogP contribution in [-0.4, -0.2) is 11.8 Å². The fraction of sp³-hybridized carbons (Fsp3) is 1.00. The molecule has 0 amide bonds. The lowest BCUT2D eigenvalue weighted by molar-refractivity contribution is -0.0607. The molecule has 0 aromatic carbocycles. The molecule has 0 aliphatic carbocycles. The number of hydrogen-bond donors (Lipinski definition) is 1. The maximum Gasteiger partial charge on any atom is 0.106 e. The molecule has 0 saturated carbocycles. The highest BCUT2D eigenvalue weighted by Gasteiger charge is 2.14. The summed E-state index contributed by atoms with van der Waals surface area (Å²) in [4.78, 5) is 0. The van der Waals surface area contributed by atoms with Gasteiger partial charge in [0.15, 0.2) is 0 Å². The lowest BCUT2D eigenvalue weighted by atomic mass is 10.0. The quantitative estimate of drug-likeness (QED) is 0.528. The molecule has 0 heterocycles. The minimum atomic E-state index is -0.114. The van der Waals surface area contributed by atoms with Crippen molar-refractivity contribution in [1.29, 1.82) is 0 Å². The number of nitrogens with two attached hydrogens (primary N) is 1. The monoisotopic (exact) mass is 201 g/mol. The summed E-state index contributed by atoms with van der Waals surface area (Å²) in [7, 11) is 0. The van der Waals surface area contributed by atoms with Gasteiger partial charge < -0.3 is 10.5 Å². The normalized spacial score (nSPS) is 14.8. The van der Waals surface area contributed by atoms with Crippen molar-refractivity contribution >= 4 is 0 Å². The molecule has 0 radical (unpaired) electrons. The first-order valence-corrected chi connectivity index (χ1v) is 5.74. The molecule has 0 aromatic rings. The summed E-state index contributed by atoms with van der Waals surface area (Å²) in [5.74, 6) is 0.801. The lowest BCUT2D eigenvalue weighted by Gasteiger charge is -2.24. The van der Waals surface area contributed by atoms with Gasteiger partial charge in [-0.3, -0.25) is 0 Å². The first-order valence-electron chi connectivity index (χ1n) is 5.74. The summed E-state index contributed by atoms with van der Waals surface area (Å²) < 4.78 is 5.62. The third kappa shape index (κ3) is 10.0. The van der Waals surface area contributed by atoms with E-state index in [1.54, 1.807) is 0 Å². The third-order valence-corrected chi connectivity index (χ3v) is 2.03. The van der Waals surface area contributed by atoms with Gasteiger partial charge >= 0.3 is 0 Å². The summed E-state index contributed by atoms with van der Waals surface area (Å²) in [5.41, 5.74) is 5.74. The first kappa shape index (κ1) is 13.9. The Morgan fingerprint density at radius 3 is 2.00 bits per heavy atom. The van der Waals surface area contributed by atoms with Gasteiger partial charge in [-0.1, -0.05) is 26.7 Å². The van der Waals surface area contributed by atoms with E-state index in [2.05, 4.69) is 13.8 Å². The molecular formula is C12H27NO. The van der Waals surface area contributed by atoms with Gasteiger partial charge in [-0.05, 0) is 39.5 Å². The molecule has 0 bridgehead atoms. The van der Waals surface area contributed by atoms with E-state index in [9.17, 15) is 0 Å². The maximum absolute atomic E-state index is 5.85. The smallest absolute Gasteiger partial charge is 0.106 e. The predicted molar refractivity (Wildman–Crippen MR) is 62.1 cm³/mol. The van der Waals surface area contributed by atoms with E-state index >= 15 is 0 Å². The van der Waals surface area contributed by atoms with Gasteiger partial charge in [-0.15, -0.1) is 0 Å². The number of ether oxygens (including phenoxy) is 1. The van der Waals surface area contributed by atoms with Crippen LogP contribution in [0.3, 0.4) is 0 Å². The van der Waals surface area contributed by atoms with Gasteiger partial charge in [0.2, 0.25) is 0 Å². The van der Waals surface area contributed by atoms with Gasteiger partial charge in [0.05, 0.1) is 5.60 Å². The van der Waals surface area contributed by atoms with Crippen LogP contribution in [0.4, 0.5) is 0 Å². The van der Waals surface area contributed by atoms with Gasteiger partial charge in [0.25, 0.3) is 0 Å². The molecule has 2 nitrogen and oxygen atoms in total. The Hall–Kier alpha value is -0.0800. The maximum atomic E-state index is 5.85. The van der Waals surface area contributed by atoms with Crippen LogP contribution in [-0.2, 0) is 4.74 Å². The van der Waals surface area contributed by atoms with Crippen molar-refractivity contribution in [3.8, 4) is 0 Å². The predicted octanol–water partition coefficient (Wildman–Crippen LogP) is 3.30. The number of hydrogen-bond acceptors (Lipinski definition) is 2. The van der Waals surface area contributed by atoms with Crippen molar-refractivity contribution in [2.24, 2.45) is 11.7 Å². The zero-order valence-corrected chi connectivity index (χ0v) is 10.5. The largest absolute Gasteiger partial charge is 0.358 e. The molecule has 0 fully saturated rings. The highest BCUT2D eigenvalue weighted by atomic mass is 16.5. The molecular weight excluding hydrogens is 174 g/mol. The molecule has 0 aliphatic rings. The van der Waals surface area contributed by atoms with Crippen molar-refractivity contribution < 1.29 is 4.74 Å². The summed E-state index contributed by atoms with van der Waals surface area (Å²) in [5, 5.41) is 0. The van der Waals surface area contributed by atoms with Crippen molar-refractivity contribution in [3.63, 3.8) is 0 Å². The van der Waals surface area contributed by atoms with Crippen LogP contribution in [0.2, 0.25) is 0 Å². The van der Waals surface area contributed by atoms with Crippen molar-refractivity contribution in [3.05, 3.63) is 0 Å². The molecule has 14 heavy (non-hydrogen) atoms. The molecule has 0 aromatic heterocycles. The van der Waals surface area contributed by atoms with Crippen molar-refractivity contribution in [2.45, 2.75) is 72.1 Å². The molecule has 2 heteroatoms. The second-order valence-corrected chi connectivity index (χ2v) is 5.45. The summed E-state index contributed by atoms with van der Waals surface area (Å²) in [6, 6.07) is 0.